The van der Waals surface area contributed by atoms with E-state index in [2.05, 4.69) is 11.1 Å². The summed E-state index contributed by atoms with van der Waals surface area (Å²) in [7, 11) is 0. The summed E-state index contributed by atoms with van der Waals surface area (Å²) in [5.74, 6) is -1.59. The summed E-state index contributed by atoms with van der Waals surface area (Å²) in [4.78, 5) is 15.8. The van der Waals surface area contributed by atoms with Crippen molar-refractivity contribution >= 4 is 23.2 Å². The summed E-state index contributed by atoms with van der Waals surface area (Å²) in [6.45, 7) is 0.999. The molecule has 0 aliphatic carbocycles. The molecule has 0 aliphatic rings. The molecule has 3 rings (SSSR count). The Morgan fingerprint density at radius 1 is 1.38 bits per heavy atom. The Bertz CT molecular complexity index is 1030. The zero-order valence-electron chi connectivity index (χ0n) is 13.6. The minimum Gasteiger partial charge on any atom is -0.480 e. The number of alkyl halides is 2. The maximum atomic E-state index is 13.4. The van der Waals surface area contributed by atoms with E-state index in [9.17, 15) is 23.9 Å². The fraction of sp³-hybridized carbons (Fsp3) is 0.167. The van der Waals surface area contributed by atoms with E-state index in [1.807, 2.05) is 0 Å². The first kappa shape index (κ1) is 17.9. The number of nitriles is 1. The van der Waals surface area contributed by atoms with Crippen molar-refractivity contribution in [1.82, 2.24) is 9.38 Å². The molecule has 132 valence electrons. The molecule has 5 nitrogen and oxygen atoms in total. The molecular formula is C18H13F2N3O2S. The fourth-order valence-corrected chi connectivity index (χ4v) is 3.55. The van der Waals surface area contributed by atoms with Crippen molar-refractivity contribution in [2.45, 2.75) is 23.0 Å². The zero-order chi connectivity index (χ0) is 18.9. The average molecular weight is 373 g/mol. The number of carboxylic acid groups (broad SMARTS) is 1. The van der Waals surface area contributed by atoms with Gasteiger partial charge in [0.2, 0.25) is 0 Å². The van der Waals surface area contributed by atoms with E-state index < -0.39 is 17.1 Å². The molecule has 0 spiro atoms. The Morgan fingerprint density at radius 2 is 2.15 bits per heavy atom. The van der Waals surface area contributed by atoms with Crippen LogP contribution in [0.2, 0.25) is 0 Å². The zero-order valence-corrected chi connectivity index (χ0v) is 14.4. The highest BCUT2D eigenvalue weighted by atomic mass is 32.2. The summed E-state index contributed by atoms with van der Waals surface area (Å²) < 4.78 is 26.3. The number of aliphatic carboxylic acids is 1. The van der Waals surface area contributed by atoms with Crippen molar-refractivity contribution in [3.05, 3.63) is 54.5 Å². The lowest BCUT2D eigenvalue weighted by Gasteiger charge is -2.24. The van der Waals surface area contributed by atoms with Crippen molar-refractivity contribution in [2.24, 2.45) is 0 Å². The Kier molecular flexibility index (Phi) is 4.66. The van der Waals surface area contributed by atoms with Gasteiger partial charge in [0.05, 0.1) is 16.8 Å². The van der Waals surface area contributed by atoms with Crippen LogP contribution in [0.3, 0.4) is 0 Å². The number of carbonyl (C=O) groups is 1. The molecule has 3 aromatic rings. The number of hydrogen-bond acceptors (Lipinski definition) is 4. The number of halogens is 2. The second-order valence-corrected chi connectivity index (χ2v) is 7.19. The molecule has 0 saturated carbocycles. The number of rotatable bonds is 5. The van der Waals surface area contributed by atoms with E-state index >= 15 is 0 Å². The molecule has 0 aromatic carbocycles. The summed E-state index contributed by atoms with van der Waals surface area (Å²) in [6, 6.07) is 10.5. The molecule has 0 saturated heterocycles. The van der Waals surface area contributed by atoms with Gasteiger partial charge in [-0.15, -0.1) is 11.8 Å². The number of nitrogens with zero attached hydrogens (tertiary/aromatic N) is 3. The largest absolute Gasteiger partial charge is 0.480 e. The minimum absolute atomic E-state index is 0.366. The number of fused-ring (bicyclic) bond motifs is 1. The topological polar surface area (TPSA) is 78.4 Å². The van der Waals surface area contributed by atoms with E-state index in [1.54, 1.807) is 34.9 Å². The Labute approximate surface area is 151 Å². The van der Waals surface area contributed by atoms with Crippen LogP contribution >= 0.6 is 11.8 Å². The van der Waals surface area contributed by atoms with Gasteiger partial charge in [-0.05, 0) is 37.3 Å². The smallest absolute Gasteiger partial charge is 0.325 e. The lowest BCUT2D eigenvalue weighted by atomic mass is 10.1. The van der Waals surface area contributed by atoms with Crippen molar-refractivity contribution < 1.29 is 18.7 Å². The number of pyridine rings is 2. The first-order chi connectivity index (χ1) is 12.4. The van der Waals surface area contributed by atoms with E-state index in [-0.39, 0.29) is 0 Å². The Morgan fingerprint density at radius 3 is 2.81 bits per heavy atom. The molecule has 3 aromatic heterocycles. The third-order valence-electron chi connectivity index (χ3n) is 4.03. The van der Waals surface area contributed by atoms with Gasteiger partial charge in [-0.2, -0.15) is 5.26 Å². The van der Waals surface area contributed by atoms with E-state index in [0.717, 1.165) is 6.92 Å². The minimum atomic E-state index is -3.06. The highest BCUT2D eigenvalue weighted by Gasteiger charge is 2.44. The maximum Gasteiger partial charge on any atom is 0.325 e. The fourth-order valence-electron chi connectivity index (χ4n) is 2.53. The van der Waals surface area contributed by atoms with Crippen molar-refractivity contribution in [3.8, 4) is 17.3 Å². The normalized spacial score (nSPS) is 13.5. The molecule has 1 unspecified atom stereocenters. The lowest BCUT2D eigenvalue weighted by molar-refractivity contribution is -0.143. The van der Waals surface area contributed by atoms with Gasteiger partial charge < -0.3 is 9.51 Å². The van der Waals surface area contributed by atoms with Crippen molar-refractivity contribution in [2.75, 3.05) is 0 Å². The molecular weight excluding hydrogens is 360 g/mol. The van der Waals surface area contributed by atoms with Gasteiger partial charge in [-0.25, -0.2) is 8.78 Å². The van der Waals surface area contributed by atoms with Gasteiger partial charge >= 0.3 is 5.97 Å². The van der Waals surface area contributed by atoms with E-state index in [4.69, 9.17) is 0 Å². The van der Waals surface area contributed by atoms with Crippen molar-refractivity contribution in [3.63, 3.8) is 0 Å². The predicted molar refractivity (Wildman–Crippen MR) is 93.2 cm³/mol. The van der Waals surface area contributed by atoms with Crippen LogP contribution in [0.1, 0.15) is 12.5 Å². The summed E-state index contributed by atoms with van der Waals surface area (Å²) >= 11 is 0.582. The summed E-state index contributed by atoms with van der Waals surface area (Å²) in [5, 5.41) is 18.5. The van der Waals surface area contributed by atoms with Crippen LogP contribution in [0.15, 0.2) is 53.8 Å². The summed E-state index contributed by atoms with van der Waals surface area (Å²) in [6.07, 6.45) is 1.61. The molecule has 1 atom stereocenters. The third-order valence-corrected chi connectivity index (χ3v) is 5.39. The predicted octanol–water partition coefficient (Wildman–Crippen LogP) is 4.07. The number of hydrogen-bond donors (Lipinski definition) is 1. The standard InChI is InChI=1S/C18H13F2N3O2S/c1-18(16(19)20,17(24)25)26-15-6-7-22-10-12(15)14-5-4-11(9-21)13-3-2-8-23(13)14/h2-8,10,16H,1H3,(H,24,25). The Balaban J connectivity index is 2.17. The molecule has 26 heavy (non-hydrogen) atoms. The quantitative estimate of drug-likeness (QED) is 0.682. The van der Waals surface area contributed by atoms with Crippen molar-refractivity contribution in [1.29, 1.82) is 5.26 Å². The van der Waals surface area contributed by atoms with Gasteiger partial charge in [0.15, 0.2) is 4.75 Å². The van der Waals surface area contributed by atoms with Crippen LogP contribution in [0.25, 0.3) is 16.8 Å². The Hall–Kier alpha value is -2.92. The average Bonchev–Trinajstić information content (AvgIpc) is 3.11. The number of thioether (sulfide) groups is 1. The SMILES string of the molecule is CC(Sc1ccncc1-c1ccc(C#N)c2cccn12)(C(=O)O)C(F)F. The van der Waals surface area contributed by atoms with E-state index in [1.165, 1.54) is 18.5 Å². The van der Waals surface area contributed by atoms with Gasteiger partial charge in [-0.3, -0.25) is 9.78 Å². The number of aromatic nitrogens is 2. The first-order valence-corrected chi connectivity index (χ1v) is 8.35. The van der Waals surface area contributed by atoms with E-state index in [0.29, 0.717) is 39.0 Å². The molecule has 3 heterocycles. The van der Waals surface area contributed by atoms with Gasteiger partial charge in [0.1, 0.15) is 6.07 Å². The maximum absolute atomic E-state index is 13.4. The molecule has 8 heteroatoms. The second-order valence-electron chi connectivity index (χ2n) is 5.69. The molecule has 0 aliphatic heterocycles. The third kappa shape index (κ3) is 2.91. The monoisotopic (exact) mass is 373 g/mol. The van der Waals surface area contributed by atoms with Crippen LogP contribution in [0.4, 0.5) is 8.78 Å². The van der Waals surface area contributed by atoms with Crippen LogP contribution in [0, 0.1) is 11.3 Å². The van der Waals surface area contributed by atoms with Gasteiger partial charge in [-0.1, -0.05) is 0 Å². The highest BCUT2D eigenvalue weighted by Crippen LogP contribution is 2.42. The van der Waals surface area contributed by atoms with Crippen LogP contribution in [-0.2, 0) is 4.79 Å². The molecule has 0 bridgehead atoms. The van der Waals surface area contributed by atoms with Gasteiger partial charge in [0.25, 0.3) is 6.43 Å². The van der Waals surface area contributed by atoms with Crippen LogP contribution in [0.5, 0.6) is 0 Å². The molecule has 0 amide bonds. The summed E-state index contributed by atoms with van der Waals surface area (Å²) in [5.41, 5.74) is 2.28. The number of carboxylic acids is 1. The second kappa shape index (κ2) is 6.77. The lowest BCUT2D eigenvalue weighted by Crippen LogP contribution is -2.39. The van der Waals surface area contributed by atoms with Crippen LogP contribution < -0.4 is 0 Å². The van der Waals surface area contributed by atoms with Crippen LogP contribution in [-0.4, -0.2) is 31.6 Å². The molecule has 0 fully saturated rings. The van der Waals surface area contributed by atoms with Gasteiger partial charge in [0, 0.05) is 29.0 Å². The first-order valence-electron chi connectivity index (χ1n) is 7.53. The molecule has 0 radical (unpaired) electrons. The molecule has 1 N–H and O–H groups in total. The highest BCUT2D eigenvalue weighted by molar-refractivity contribution is 8.01.